The molecule has 0 spiro atoms. The number of Topliss-reactive ketones (excluding diaryl/α,β-unsaturated/α-hetero) is 1. The van der Waals surface area contributed by atoms with Crippen LogP contribution in [0.1, 0.15) is 27.0 Å². The fraction of sp³-hybridized carbons (Fsp3) is 0.185. The maximum Gasteiger partial charge on any atom is 0.315 e. The molecule has 7 heteroatoms. The SMILES string of the molecule is COc1ccc(/C=C2\Oc3c(ccc(OC(=O)Cc4ccccc4)c3C)C2=O)c(OC)c1OC. The van der Waals surface area contributed by atoms with E-state index in [1.54, 1.807) is 37.3 Å². The molecule has 174 valence electrons. The van der Waals surface area contributed by atoms with Crippen molar-refractivity contribution in [3.63, 3.8) is 0 Å². The Morgan fingerprint density at radius 1 is 0.882 bits per heavy atom. The molecule has 0 saturated heterocycles. The lowest BCUT2D eigenvalue weighted by atomic mass is 10.1. The number of esters is 1. The van der Waals surface area contributed by atoms with Gasteiger partial charge in [-0.05, 0) is 42.8 Å². The van der Waals surface area contributed by atoms with Gasteiger partial charge in [-0.15, -0.1) is 0 Å². The highest BCUT2D eigenvalue weighted by Gasteiger charge is 2.31. The van der Waals surface area contributed by atoms with Gasteiger partial charge in [0.2, 0.25) is 11.5 Å². The monoisotopic (exact) mass is 460 g/mol. The lowest BCUT2D eigenvalue weighted by molar-refractivity contribution is -0.133. The summed E-state index contributed by atoms with van der Waals surface area (Å²) in [5, 5.41) is 0. The van der Waals surface area contributed by atoms with E-state index in [9.17, 15) is 9.59 Å². The third-order valence-corrected chi connectivity index (χ3v) is 5.47. The summed E-state index contributed by atoms with van der Waals surface area (Å²) in [6.07, 6.45) is 1.73. The Hall–Kier alpha value is -4.26. The molecule has 0 atom stereocenters. The molecule has 0 radical (unpaired) electrons. The molecule has 4 rings (SSSR count). The molecule has 3 aromatic carbocycles. The number of fused-ring (bicyclic) bond motifs is 1. The summed E-state index contributed by atoms with van der Waals surface area (Å²) in [5.74, 6) is 1.47. The average molecular weight is 460 g/mol. The molecule has 0 amide bonds. The number of hydrogen-bond acceptors (Lipinski definition) is 7. The molecule has 3 aromatic rings. The highest BCUT2D eigenvalue weighted by atomic mass is 16.5. The van der Waals surface area contributed by atoms with Gasteiger partial charge in [0.25, 0.3) is 0 Å². The van der Waals surface area contributed by atoms with E-state index >= 15 is 0 Å². The molecule has 1 heterocycles. The highest BCUT2D eigenvalue weighted by molar-refractivity contribution is 6.15. The van der Waals surface area contributed by atoms with Gasteiger partial charge in [0.05, 0.1) is 33.3 Å². The smallest absolute Gasteiger partial charge is 0.315 e. The third-order valence-electron chi connectivity index (χ3n) is 5.47. The number of allylic oxidation sites excluding steroid dienone is 1. The van der Waals surface area contributed by atoms with Gasteiger partial charge < -0.3 is 23.7 Å². The standard InChI is InChI=1S/C27H24O7/c1-16-20(33-23(28)14-17-8-6-5-7-9-17)13-11-19-24(29)22(34-25(16)19)15-18-10-12-21(30-2)27(32-4)26(18)31-3/h5-13,15H,14H2,1-4H3/b22-15-. The largest absolute Gasteiger partial charge is 0.493 e. The van der Waals surface area contributed by atoms with Crippen molar-refractivity contribution in [2.75, 3.05) is 21.3 Å². The maximum absolute atomic E-state index is 13.0. The van der Waals surface area contributed by atoms with Crippen LogP contribution < -0.4 is 23.7 Å². The Morgan fingerprint density at radius 3 is 2.26 bits per heavy atom. The summed E-state index contributed by atoms with van der Waals surface area (Å²) >= 11 is 0. The van der Waals surface area contributed by atoms with E-state index in [0.717, 1.165) is 5.56 Å². The Labute approximate surface area is 197 Å². The predicted molar refractivity (Wildman–Crippen MR) is 126 cm³/mol. The summed E-state index contributed by atoms with van der Waals surface area (Å²) in [6.45, 7) is 1.75. The lowest BCUT2D eigenvalue weighted by Gasteiger charge is -2.14. The molecule has 0 bridgehead atoms. The molecular weight excluding hydrogens is 436 g/mol. The first-order valence-corrected chi connectivity index (χ1v) is 10.6. The summed E-state index contributed by atoms with van der Waals surface area (Å²) in [6, 6.07) is 16.0. The number of benzene rings is 3. The van der Waals surface area contributed by atoms with Crippen molar-refractivity contribution < 1.29 is 33.3 Å². The van der Waals surface area contributed by atoms with Crippen LogP contribution in [0.4, 0.5) is 0 Å². The zero-order chi connectivity index (χ0) is 24.2. The minimum Gasteiger partial charge on any atom is -0.493 e. The van der Waals surface area contributed by atoms with Crippen molar-refractivity contribution in [3.8, 4) is 28.7 Å². The molecule has 1 aliphatic rings. The van der Waals surface area contributed by atoms with Crippen molar-refractivity contribution in [1.82, 2.24) is 0 Å². The Balaban J connectivity index is 1.61. The van der Waals surface area contributed by atoms with Crippen LogP contribution in [0.5, 0.6) is 28.7 Å². The van der Waals surface area contributed by atoms with Gasteiger partial charge >= 0.3 is 5.97 Å². The minimum atomic E-state index is -0.399. The van der Waals surface area contributed by atoms with Crippen LogP contribution in [-0.2, 0) is 11.2 Å². The van der Waals surface area contributed by atoms with Crippen molar-refractivity contribution in [1.29, 1.82) is 0 Å². The molecular formula is C27H24O7. The number of methoxy groups -OCH3 is 3. The second-order valence-corrected chi connectivity index (χ2v) is 7.57. The molecule has 34 heavy (non-hydrogen) atoms. The normalized spacial score (nSPS) is 13.3. The van der Waals surface area contributed by atoms with E-state index in [4.69, 9.17) is 23.7 Å². The second-order valence-electron chi connectivity index (χ2n) is 7.57. The summed E-state index contributed by atoms with van der Waals surface area (Å²) < 4.78 is 27.7. The Bertz CT molecular complexity index is 1280. The van der Waals surface area contributed by atoms with E-state index in [1.807, 2.05) is 30.3 Å². The van der Waals surface area contributed by atoms with Gasteiger partial charge in [0.15, 0.2) is 17.3 Å². The van der Waals surface area contributed by atoms with Crippen LogP contribution in [0.3, 0.4) is 0 Å². The van der Waals surface area contributed by atoms with E-state index in [-0.39, 0.29) is 18.0 Å². The zero-order valence-electron chi connectivity index (χ0n) is 19.3. The van der Waals surface area contributed by atoms with Crippen LogP contribution in [-0.4, -0.2) is 33.1 Å². The van der Waals surface area contributed by atoms with Crippen LogP contribution in [0, 0.1) is 6.92 Å². The lowest BCUT2D eigenvalue weighted by Crippen LogP contribution is -2.12. The van der Waals surface area contributed by atoms with Gasteiger partial charge in [-0.25, -0.2) is 0 Å². The van der Waals surface area contributed by atoms with E-state index in [1.165, 1.54) is 21.3 Å². The molecule has 7 nitrogen and oxygen atoms in total. The number of rotatable bonds is 7. The number of carbonyl (C=O) groups is 2. The molecule has 0 aliphatic carbocycles. The van der Waals surface area contributed by atoms with E-state index < -0.39 is 5.97 Å². The molecule has 0 fully saturated rings. The van der Waals surface area contributed by atoms with Crippen LogP contribution in [0.2, 0.25) is 0 Å². The van der Waals surface area contributed by atoms with Crippen LogP contribution in [0.25, 0.3) is 6.08 Å². The van der Waals surface area contributed by atoms with Gasteiger partial charge in [0, 0.05) is 11.1 Å². The summed E-state index contributed by atoms with van der Waals surface area (Å²) in [5.41, 5.74) is 2.40. The van der Waals surface area contributed by atoms with Crippen molar-refractivity contribution in [3.05, 3.63) is 82.6 Å². The first-order valence-electron chi connectivity index (χ1n) is 10.6. The second kappa shape index (κ2) is 9.70. The topological polar surface area (TPSA) is 80.3 Å². The summed E-state index contributed by atoms with van der Waals surface area (Å²) in [7, 11) is 4.54. The number of hydrogen-bond donors (Lipinski definition) is 0. The fourth-order valence-electron chi connectivity index (χ4n) is 3.78. The van der Waals surface area contributed by atoms with Gasteiger partial charge in [0.1, 0.15) is 11.5 Å². The molecule has 0 unspecified atom stereocenters. The summed E-state index contributed by atoms with van der Waals surface area (Å²) in [4.78, 5) is 25.4. The quantitative estimate of drug-likeness (QED) is 0.285. The third kappa shape index (κ3) is 4.32. The van der Waals surface area contributed by atoms with Crippen molar-refractivity contribution in [2.45, 2.75) is 13.3 Å². The minimum absolute atomic E-state index is 0.122. The van der Waals surface area contributed by atoms with Gasteiger partial charge in [-0.1, -0.05) is 30.3 Å². The predicted octanol–water partition coefficient (Wildman–Crippen LogP) is 4.79. The van der Waals surface area contributed by atoms with Crippen molar-refractivity contribution >= 4 is 17.8 Å². The molecule has 1 aliphatic heterocycles. The molecule has 0 N–H and O–H groups in total. The maximum atomic E-state index is 13.0. The number of ether oxygens (including phenoxy) is 5. The van der Waals surface area contributed by atoms with Crippen molar-refractivity contribution in [2.24, 2.45) is 0 Å². The fourth-order valence-corrected chi connectivity index (χ4v) is 3.78. The van der Waals surface area contributed by atoms with E-state index in [0.29, 0.717) is 45.4 Å². The number of carbonyl (C=O) groups excluding carboxylic acids is 2. The molecule has 0 aromatic heterocycles. The first-order chi connectivity index (χ1) is 16.5. The Kier molecular flexibility index (Phi) is 6.54. The first kappa shape index (κ1) is 22.9. The van der Waals surface area contributed by atoms with Gasteiger partial charge in [-0.2, -0.15) is 0 Å². The number of ketones is 1. The van der Waals surface area contributed by atoms with Gasteiger partial charge in [-0.3, -0.25) is 9.59 Å². The average Bonchev–Trinajstić information content (AvgIpc) is 3.16. The Morgan fingerprint density at radius 2 is 1.59 bits per heavy atom. The van der Waals surface area contributed by atoms with Crippen LogP contribution >= 0.6 is 0 Å². The van der Waals surface area contributed by atoms with Crippen LogP contribution in [0.15, 0.2) is 60.4 Å². The van der Waals surface area contributed by atoms with E-state index in [2.05, 4.69) is 0 Å². The zero-order valence-corrected chi connectivity index (χ0v) is 19.3. The molecule has 0 saturated carbocycles. The highest BCUT2D eigenvalue weighted by Crippen LogP contribution is 2.43.